The van der Waals surface area contributed by atoms with Gasteiger partial charge in [-0.25, -0.2) is 9.59 Å². The second kappa shape index (κ2) is 6.51. The highest BCUT2D eigenvalue weighted by Gasteiger charge is 2.25. The molecule has 0 amide bonds. The lowest BCUT2D eigenvalue weighted by Crippen LogP contribution is -3.10. The molecule has 1 aromatic carbocycles. The summed E-state index contributed by atoms with van der Waals surface area (Å²) in [7, 11) is 2.10. The van der Waals surface area contributed by atoms with Crippen LogP contribution in [0.5, 0.6) is 0 Å². The van der Waals surface area contributed by atoms with Gasteiger partial charge in [0, 0.05) is 23.3 Å². The van der Waals surface area contributed by atoms with Gasteiger partial charge in [-0.1, -0.05) is 23.2 Å². The van der Waals surface area contributed by atoms with Crippen LogP contribution in [-0.4, -0.2) is 32.2 Å². The molecule has 7 heteroatoms. The van der Waals surface area contributed by atoms with Crippen molar-refractivity contribution in [3.63, 3.8) is 0 Å². The molecule has 1 saturated heterocycles. The number of hydrogen-bond acceptors (Lipinski definition) is 4. The monoisotopic (exact) mass is 356 g/mol. The van der Waals surface area contributed by atoms with Gasteiger partial charge in [-0.15, -0.1) is 0 Å². The van der Waals surface area contributed by atoms with E-state index in [-0.39, 0.29) is 22.3 Å². The third-order valence-electron chi connectivity index (χ3n) is 4.03. The topological polar surface area (TPSA) is 61.0 Å². The van der Waals surface area contributed by atoms with E-state index in [9.17, 15) is 9.59 Å². The highest BCUT2D eigenvalue weighted by Crippen LogP contribution is 2.27. The van der Waals surface area contributed by atoms with Crippen LogP contribution in [0.15, 0.2) is 27.4 Å². The van der Waals surface area contributed by atoms with Crippen LogP contribution in [0.1, 0.15) is 23.2 Å². The van der Waals surface area contributed by atoms with Gasteiger partial charge in [-0.05, 0) is 18.2 Å². The first-order valence-electron chi connectivity index (χ1n) is 7.39. The van der Waals surface area contributed by atoms with E-state index in [2.05, 4.69) is 7.05 Å². The zero-order valence-electron chi connectivity index (χ0n) is 12.5. The third kappa shape index (κ3) is 3.52. The van der Waals surface area contributed by atoms with E-state index in [1.165, 1.54) is 17.0 Å². The quantitative estimate of drug-likeness (QED) is 0.659. The van der Waals surface area contributed by atoms with Crippen molar-refractivity contribution in [3.8, 4) is 0 Å². The summed E-state index contributed by atoms with van der Waals surface area (Å²) >= 11 is 11.9. The van der Waals surface area contributed by atoms with Crippen LogP contribution >= 0.6 is 23.2 Å². The molecule has 0 radical (unpaired) electrons. The molecular formula is C16H16Cl2NO4+. The van der Waals surface area contributed by atoms with Crippen LogP contribution in [-0.2, 0) is 4.74 Å². The highest BCUT2D eigenvalue weighted by molar-refractivity contribution is 6.38. The number of likely N-dealkylation sites (tertiary alicyclic amines) is 1. The lowest BCUT2D eigenvalue weighted by Gasteiger charge is -2.26. The van der Waals surface area contributed by atoms with E-state index in [1.54, 1.807) is 6.07 Å². The molecule has 1 fully saturated rings. The van der Waals surface area contributed by atoms with E-state index in [0.717, 1.165) is 25.9 Å². The van der Waals surface area contributed by atoms with Crippen molar-refractivity contribution >= 4 is 40.1 Å². The maximum Gasteiger partial charge on any atom is 0.351 e. The van der Waals surface area contributed by atoms with E-state index >= 15 is 0 Å². The molecular weight excluding hydrogens is 341 g/mol. The number of piperidine rings is 1. The number of ether oxygens (including phenoxy) is 1. The normalized spacial score (nSPS) is 21.3. The van der Waals surface area contributed by atoms with Gasteiger partial charge in [-0.3, -0.25) is 0 Å². The smallest absolute Gasteiger partial charge is 0.351 e. The van der Waals surface area contributed by atoms with Crippen molar-refractivity contribution in [2.45, 2.75) is 18.9 Å². The second-order valence-electron chi connectivity index (χ2n) is 5.82. The van der Waals surface area contributed by atoms with Crippen molar-refractivity contribution in [3.05, 3.63) is 44.2 Å². The second-order valence-corrected chi connectivity index (χ2v) is 6.66. The molecule has 5 nitrogen and oxygen atoms in total. The Bertz CT molecular complexity index is 810. The minimum atomic E-state index is -0.759. The van der Waals surface area contributed by atoms with Crippen LogP contribution < -0.4 is 10.5 Å². The molecule has 3 rings (SSSR count). The SMILES string of the molecule is C[NH+]1CCC(OC(=O)c2cc3cc(Cl)cc(Cl)c3oc2=O)CC1. The van der Waals surface area contributed by atoms with E-state index in [4.69, 9.17) is 32.4 Å². The van der Waals surface area contributed by atoms with Gasteiger partial charge in [0.1, 0.15) is 11.7 Å². The summed E-state index contributed by atoms with van der Waals surface area (Å²) in [6, 6.07) is 4.48. The summed E-state index contributed by atoms with van der Waals surface area (Å²) in [5.74, 6) is -0.665. The van der Waals surface area contributed by atoms with E-state index < -0.39 is 11.6 Å². The van der Waals surface area contributed by atoms with Gasteiger partial charge in [0.25, 0.3) is 0 Å². The number of esters is 1. The molecule has 0 aliphatic carbocycles. The summed E-state index contributed by atoms with van der Waals surface area (Å²) in [6.07, 6.45) is 1.41. The van der Waals surface area contributed by atoms with Gasteiger partial charge in [0.05, 0.1) is 25.2 Å². The first-order chi connectivity index (χ1) is 10.9. The Morgan fingerprint density at radius 2 is 1.96 bits per heavy atom. The predicted molar refractivity (Wildman–Crippen MR) is 87.6 cm³/mol. The van der Waals surface area contributed by atoms with Gasteiger partial charge in [0.15, 0.2) is 5.58 Å². The fraction of sp³-hybridized carbons (Fsp3) is 0.375. The van der Waals surface area contributed by atoms with Crippen LogP contribution in [0.2, 0.25) is 10.0 Å². The molecule has 0 saturated carbocycles. The van der Waals surface area contributed by atoms with Crippen molar-refractivity contribution in [2.75, 3.05) is 20.1 Å². The number of benzene rings is 1. The number of hydrogen-bond donors (Lipinski definition) is 1. The fourth-order valence-corrected chi connectivity index (χ4v) is 3.26. The molecule has 1 aromatic heterocycles. The molecule has 23 heavy (non-hydrogen) atoms. The van der Waals surface area contributed by atoms with E-state index in [1.807, 2.05) is 0 Å². The van der Waals surface area contributed by atoms with Gasteiger partial charge in [0.2, 0.25) is 0 Å². The van der Waals surface area contributed by atoms with Crippen molar-refractivity contribution in [1.82, 2.24) is 0 Å². The maximum atomic E-state index is 12.3. The lowest BCUT2D eigenvalue weighted by atomic mass is 10.1. The van der Waals surface area contributed by atoms with Crippen LogP contribution in [0.4, 0.5) is 0 Å². The zero-order valence-corrected chi connectivity index (χ0v) is 14.0. The first-order valence-corrected chi connectivity index (χ1v) is 8.15. The molecule has 1 N–H and O–H groups in total. The summed E-state index contributed by atoms with van der Waals surface area (Å²) < 4.78 is 10.6. The number of fused-ring (bicyclic) bond motifs is 1. The van der Waals surface area contributed by atoms with Crippen LogP contribution in [0.25, 0.3) is 11.0 Å². The maximum absolute atomic E-state index is 12.3. The van der Waals surface area contributed by atoms with Gasteiger partial charge < -0.3 is 14.1 Å². The first kappa shape index (κ1) is 16.3. The number of rotatable bonds is 2. The van der Waals surface area contributed by atoms with E-state index in [0.29, 0.717) is 10.4 Å². The molecule has 1 aliphatic rings. The minimum Gasteiger partial charge on any atom is -0.458 e. The number of quaternary nitrogens is 1. The number of halogens is 2. The highest BCUT2D eigenvalue weighted by atomic mass is 35.5. The Balaban J connectivity index is 1.88. The number of carbonyl (C=O) groups excluding carboxylic acids is 1. The largest absolute Gasteiger partial charge is 0.458 e. The molecule has 122 valence electrons. The summed E-state index contributed by atoms with van der Waals surface area (Å²) in [5, 5.41) is 1.11. The molecule has 1 aliphatic heterocycles. The fourth-order valence-electron chi connectivity index (χ4n) is 2.72. The van der Waals surface area contributed by atoms with Gasteiger partial charge in [-0.2, -0.15) is 0 Å². The molecule has 2 heterocycles. The molecule has 0 unspecified atom stereocenters. The average Bonchev–Trinajstić information content (AvgIpc) is 2.50. The van der Waals surface area contributed by atoms with Crippen molar-refractivity contribution in [1.29, 1.82) is 0 Å². The molecule has 0 spiro atoms. The van der Waals surface area contributed by atoms with Gasteiger partial charge >= 0.3 is 11.6 Å². The summed E-state index contributed by atoms with van der Waals surface area (Å²) in [4.78, 5) is 25.7. The number of carbonyl (C=O) groups is 1. The van der Waals surface area contributed by atoms with Crippen molar-refractivity contribution in [2.24, 2.45) is 0 Å². The third-order valence-corrected chi connectivity index (χ3v) is 4.53. The van der Waals surface area contributed by atoms with Crippen LogP contribution in [0.3, 0.4) is 0 Å². The Morgan fingerprint density at radius 1 is 1.26 bits per heavy atom. The Morgan fingerprint density at radius 3 is 2.65 bits per heavy atom. The van der Waals surface area contributed by atoms with Crippen LogP contribution in [0, 0.1) is 0 Å². The number of nitrogens with one attached hydrogen (secondary N) is 1. The Kier molecular flexibility index (Phi) is 4.62. The molecule has 0 bridgehead atoms. The summed E-state index contributed by atoms with van der Waals surface area (Å²) in [6.45, 7) is 1.88. The van der Waals surface area contributed by atoms with Crippen molar-refractivity contribution < 1.29 is 18.8 Å². The lowest BCUT2D eigenvalue weighted by molar-refractivity contribution is -0.885. The average molecular weight is 357 g/mol. The summed E-state index contributed by atoms with van der Waals surface area (Å²) in [5.41, 5.74) is -0.687. The standard InChI is InChI=1S/C16H15Cl2NO4/c1-19-4-2-11(3-5-19)22-15(20)12-7-9-6-10(17)8-13(18)14(9)23-16(12)21/h6-8,11H,2-5H2,1H3/p+1. The molecule has 0 atom stereocenters. The predicted octanol–water partition coefficient (Wildman–Crippen LogP) is 1.93. The Hall–Kier alpha value is -1.56. The Labute approximate surface area is 142 Å². The molecule has 2 aromatic rings. The minimum absolute atomic E-state index is 0.137. The zero-order chi connectivity index (χ0) is 16.6.